The summed E-state index contributed by atoms with van der Waals surface area (Å²) in [6.45, 7) is 2.64. The van der Waals surface area contributed by atoms with Gasteiger partial charge in [-0.3, -0.25) is 11.3 Å². The lowest BCUT2D eigenvalue weighted by Gasteiger charge is -2.17. The number of methoxy groups -OCH3 is 2. The number of nitrogens with one attached hydrogen (secondary N) is 1. The largest absolute Gasteiger partial charge is 0.496 e. The molecule has 0 aliphatic carbocycles. The van der Waals surface area contributed by atoms with Crippen LogP contribution in [0.15, 0.2) is 18.2 Å². The minimum atomic E-state index is 0.0979. The third-order valence-corrected chi connectivity index (χ3v) is 2.51. The molecule has 4 nitrogen and oxygen atoms in total. The molecule has 4 heteroatoms. The number of rotatable bonds is 6. The van der Waals surface area contributed by atoms with Gasteiger partial charge in [0.05, 0.1) is 13.7 Å². The number of hydrogen-bond donors (Lipinski definition) is 2. The van der Waals surface area contributed by atoms with Crippen LogP contribution in [0.4, 0.5) is 0 Å². The fourth-order valence-corrected chi connectivity index (χ4v) is 1.70. The summed E-state index contributed by atoms with van der Waals surface area (Å²) in [6.07, 6.45) is 0.787. The van der Waals surface area contributed by atoms with Crippen LogP contribution in [0.3, 0.4) is 0 Å². The fraction of sp³-hybridized carbons (Fsp3) is 0.500. The van der Waals surface area contributed by atoms with Gasteiger partial charge in [-0.15, -0.1) is 0 Å². The average Bonchev–Trinajstić information content (AvgIpc) is 2.29. The Morgan fingerprint density at radius 1 is 1.38 bits per heavy atom. The molecule has 0 heterocycles. The van der Waals surface area contributed by atoms with Gasteiger partial charge in [0.25, 0.3) is 0 Å². The van der Waals surface area contributed by atoms with Crippen molar-refractivity contribution < 1.29 is 9.47 Å². The van der Waals surface area contributed by atoms with E-state index in [1.807, 2.05) is 12.1 Å². The molecular weight excluding hydrogens is 204 g/mol. The van der Waals surface area contributed by atoms with Crippen LogP contribution < -0.4 is 16.0 Å². The summed E-state index contributed by atoms with van der Waals surface area (Å²) in [5.74, 6) is 6.36. The summed E-state index contributed by atoms with van der Waals surface area (Å²) in [6, 6.07) is 6.22. The van der Waals surface area contributed by atoms with Crippen molar-refractivity contribution in [2.45, 2.75) is 19.4 Å². The normalized spacial score (nSPS) is 12.5. The zero-order chi connectivity index (χ0) is 12.0. The van der Waals surface area contributed by atoms with E-state index in [0.717, 1.165) is 17.7 Å². The summed E-state index contributed by atoms with van der Waals surface area (Å²) in [5, 5.41) is 0. The molecule has 0 saturated carbocycles. The smallest absolute Gasteiger partial charge is 0.122 e. The Hall–Kier alpha value is -1.10. The predicted octanol–water partition coefficient (Wildman–Crippen LogP) is 1.02. The average molecular weight is 224 g/mol. The summed E-state index contributed by atoms with van der Waals surface area (Å²) in [7, 11) is 3.34. The van der Waals surface area contributed by atoms with E-state index in [4.69, 9.17) is 15.3 Å². The van der Waals surface area contributed by atoms with E-state index in [9.17, 15) is 0 Å². The second-order valence-corrected chi connectivity index (χ2v) is 3.84. The first-order valence-corrected chi connectivity index (χ1v) is 5.29. The van der Waals surface area contributed by atoms with Crippen LogP contribution in [0.25, 0.3) is 0 Å². The molecule has 1 aromatic carbocycles. The van der Waals surface area contributed by atoms with Gasteiger partial charge in [-0.2, -0.15) is 0 Å². The molecule has 0 aliphatic heterocycles. The summed E-state index contributed by atoms with van der Waals surface area (Å²) < 4.78 is 10.4. The molecule has 3 N–H and O–H groups in total. The van der Waals surface area contributed by atoms with E-state index >= 15 is 0 Å². The van der Waals surface area contributed by atoms with Gasteiger partial charge in [0.2, 0.25) is 0 Å². The monoisotopic (exact) mass is 224 g/mol. The lowest BCUT2D eigenvalue weighted by atomic mass is 10.0. The molecule has 1 unspecified atom stereocenters. The molecule has 0 radical (unpaired) electrons. The molecule has 0 bridgehead atoms. The highest BCUT2D eigenvalue weighted by atomic mass is 16.5. The van der Waals surface area contributed by atoms with Crippen molar-refractivity contribution in [1.29, 1.82) is 0 Å². The van der Waals surface area contributed by atoms with Crippen molar-refractivity contribution in [3.05, 3.63) is 29.3 Å². The van der Waals surface area contributed by atoms with Crippen molar-refractivity contribution in [3.8, 4) is 5.75 Å². The highest BCUT2D eigenvalue weighted by Gasteiger charge is 2.11. The molecular formula is C12H20N2O2. The molecule has 1 aromatic rings. The molecule has 0 amide bonds. The number of aryl methyl sites for hydroxylation is 1. The van der Waals surface area contributed by atoms with Gasteiger partial charge in [-0.1, -0.05) is 17.7 Å². The first kappa shape index (κ1) is 13.0. The van der Waals surface area contributed by atoms with Crippen molar-refractivity contribution in [2.75, 3.05) is 20.8 Å². The Bertz CT molecular complexity index is 329. The highest BCUT2D eigenvalue weighted by Crippen LogP contribution is 2.21. The second-order valence-electron chi connectivity index (χ2n) is 3.84. The summed E-state index contributed by atoms with van der Waals surface area (Å²) in [4.78, 5) is 0. The van der Waals surface area contributed by atoms with Gasteiger partial charge in [0.1, 0.15) is 5.75 Å². The van der Waals surface area contributed by atoms with Crippen LogP contribution in [0.5, 0.6) is 5.75 Å². The lowest BCUT2D eigenvalue weighted by Crippen LogP contribution is -2.40. The van der Waals surface area contributed by atoms with Crippen LogP contribution in [-0.2, 0) is 11.2 Å². The SMILES string of the molecule is COCC(Cc1cc(C)ccc1OC)NN. The van der Waals surface area contributed by atoms with Gasteiger partial charge in [0.15, 0.2) is 0 Å². The van der Waals surface area contributed by atoms with E-state index < -0.39 is 0 Å². The number of benzene rings is 1. The molecule has 90 valence electrons. The van der Waals surface area contributed by atoms with Crippen molar-refractivity contribution in [3.63, 3.8) is 0 Å². The minimum absolute atomic E-state index is 0.0979. The third-order valence-electron chi connectivity index (χ3n) is 2.51. The topological polar surface area (TPSA) is 56.5 Å². The van der Waals surface area contributed by atoms with Gasteiger partial charge in [-0.05, 0) is 25.0 Å². The molecule has 0 saturated heterocycles. The Balaban J connectivity index is 2.80. The van der Waals surface area contributed by atoms with E-state index in [0.29, 0.717) is 6.61 Å². The zero-order valence-electron chi connectivity index (χ0n) is 10.1. The summed E-state index contributed by atoms with van der Waals surface area (Å²) >= 11 is 0. The first-order valence-electron chi connectivity index (χ1n) is 5.29. The summed E-state index contributed by atoms with van der Waals surface area (Å²) in [5.41, 5.74) is 5.09. The van der Waals surface area contributed by atoms with E-state index in [2.05, 4.69) is 18.4 Å². The first-order chi connectivity index (χ1) is 7.71. The van der Waals surface area contributed by atoms with Crippen molar-refractivity contribution in [2.24, 2.45) is 5.84 Å². The Morgan fingerprint density at radius 3 is 2.69 bits per heavy atom. The molecule has 0 spiro atoms. The quantitative estimate of drug-likeness (QED) is 0.559. The third kappa shape index (κ3) is 3.48. The van der Waals surface area contributed by atoms with E-state index in [1.165, 1.54) is 5.56 Å². The van der Waals surface area contributed by atoms with Gasteiger partial charge in [0, 0.05) is 13.2 Å². The predicted molar refractivity (Wildman–Crippen MR) is 64.4 cm³/mol. The van der Waals surface area contributed by atoms with Crippen LogP contribution in [0, 0.1) is 6.92 Å². The van der Waals surface area contributed by atoms with Crippen LogP contribution in [0.2, 0.25) is 0 Å². The molecule has 0 aromatic heterocycles. The molecule has 0 fully saturated rings. The molecule has 0 aliphatic rings. The molecule has 16 heavy (non-hydrogen) atoms. The highest BCUT2D eigenvalue weighted by molar-refractivity contribution is 5.37. The Kier molecular flexibility index (Phi) is 5.25. The zero-order valence-corrected chi connectivity index (χ0v) is 10.1. The number of hydrazine groups is 1. The Labute approximate surface area is 96.7 Å². The second kappa shape index (κ2) is 6.48. The maximum atomic E-state index is 5.47. The Morgan fingerprint density at radius 2 is 2.12 bits per heavy atom. The molecule has 1 rings (SSSR count). The maximum absolute atomic E-state index is 5.47. The van der Waals surface area contributed by atoms with E-state index in [1.54, 1.807) is 14.2 Å². The number of ether oxygens (including phenoxy) is 2. The van der Waals surface area contributed by atoms with Crippen molar-refractivity contribution in [1.82, 2.24) is 5.43 Å². The van der Waals surface area contributed by atoms with Crippen LogP contribution in [0.1, 0.15) is 11.1 Å². The minimum Gasteiger partial charge on any atom is -0.496 e. The molecule has 1 atom stereocenters. The standard InChI is InChI=1S/C12H20N2O2/c1-9-4-5-12(16-3)10(6-9)7-11(14-13)8-15-2/h4-6,11,14H,7-8,13H2,1-3H3. The van der Waals surface area contributed by atoms with E-state index in [-0.39, 0.29) is 6.04 Å². The van der Waals surface area contributed by atoms with Gasteiger partial charge >= 0.3 is 0 Å². The van der Waals surface area contributed by atoms with Gasteiger partial charge < -0.3 is 9.47 Å². The van der Waals surface area contributed by atoms with Crippen LogP contribution in [-0.4, -0.2) is 26.9 Å². The lowest BCUT2D eigenvalue weighted by molar-refractivity contribution is 0.166. The van der Waals surface area contributed by atoms with Crippen molar-refractivity contribution >= 4 is 0 Å². The maximum Gasteiger partial charge on any atom is 0.122 e. The number of nitrogens with two attached hydrogens (primary N) is 1. The van der Waals surface area contributed by atoms with Crippen LogP contribution >= 0.6 is 0 Å². The van der Waals surface area contributed by atoms with Gasteiger partial charge in [-0.25, -0.2) is 0 Å². The number of hydrogen-bond acceptors (Lipinski definition) is 4. The fourth-order valence-electron chi connectivity index (χ4n) is 1.70.